The second-order valence-electron chi connectivity index (χ2n) is 3.95. The molecule has 0 aromatic heterocycles. The van der Waals surface area contributed by atoms with Crippen LogP contribution in [0.5, 0.6) is 0 Å². The van der Waals surface area contributed by atoms with E-state index in [1.54, 1.807) is 13.0 Å². The number of nitrogens with one attached hydrogen (secondary N) is 2. The molecule has 1 amide bonds. The van der Waals surface area contributed by atoms with Crippen molar-refractivity contribution in [2.75, 3.05) is 19.7 Å². The Balaban J connectivity index is 1.92. The molecule has 0 aromatic carbocycles. The standard InChI is InChI=1S/C12H20N2O3/c1-2-17-12(16)4-3-8-13-9-7-11(15)14-10-5-6-10/h3-4,10,13H,2,5-9H2,1H3,(H,14,15)/b4-3+. The van der Waals surface area contributed by atoms with Gasteiger partial charge in [0, 0.05) is 31.6 Å². The van der Waals surface area contributed by atoms with Gasteiger partial charge in [-0.1, -0.05) is 6.08 Å². The first-order valence-electron chi connectivity index (χ1n) is 6.05. The summed E-state index contributed by atoms with van der Waals surface area (Å²) in [5.41, 5.74) is 0. The highest BCUT2D eigenvalue weighted by Crippen LogP contribution is 2.18. The Labute approximate surface area is 102 Å². The molecule has 1 fully saturated rings. The zero-order chi connectivity index (χ0) is 12.5. The van der Waals surface area contributed by atoms with Gasteiger partial charge in [0.1, 0.15) is 0 Å². The van der Waals surface area contributed by atoms with Crippen LogP contribution in [0.4, 0.5) is 0 Å². The highest BCUT2D eigenvalue weighted by molar-refractivity contribution is 5.81. The second kappa shape index (κ2) is 7.84. The summed E-state index contributed by atoms with van der Waals surface area (Å²) in [6.07, 6.45) is 5.78. The van der Waals surface area contributed by atoms with Gasteiger partial charge in [0.15, 0.2) is 0 Å². The van der Waals surface area contributed by atoms with Crippen LogP contribution in [-0.2, 0) is 14.3 Å². The van der Waals surface area contributed by atoms with Crippen LogP contribution in [-0.4, -0.2) is 37.6 Å². The molecule has 0 aromatic rings. The SMILES string of the molecule is CCOC(=O)/C=C/CNCCC(=O)NC1CC1. The second-order valence-corrected chi connectivity index (χ2v) is 3.95. The van der Waals surface area contributed by atoms with Gasteiger partial charge in [-0.15, -0.1) is 0 Å². The molecule has 5 heteroatoms. The van der Waals surface area contributed by atoms with Crippen molar-refractivity contribution >= 4 is 11.9 Å². The molecule has 1 aliphatic carbocycles. The van der Waals surface area contributed by atoms with E-state index < -0.39 is 0 Å². The Bertz CT molecular complexity index is 285. The van der Waals surface area contributed by atoms with Crippen LogP contribution in [0.1, 0.15) is 26.2 Å². The van der Waals surface area contributed by atoms with Crippen molar-refractivity contribution in [3.8, 4) is 0 Å². The van der Waals surface area contributed by atoms with E-state index in [0.29, 0.717) is 32.2 Å². The Morgan fingerprint density at radius 2 is 2.18 bits per heavy atom. The average Bonchev–Trinajstić information content (AvgIpc) is 3.07. The maximum Gasteiger partial charge on any atom is 0.330 e. The van der Waals surface area contributed by atoms with Gasteiger partial charge in [-0.2, -0.15) is 0 Å². The van der Waals surface area contributed by atoms with E-state index in [2.05, 4.69) is 10.6 Å². The highest BCUT2D eigenvalue weighted by atomic mass is 16.5. The lowest BCUT2D eigenvalue weighted by Gasteiger charge is -2.03. The molecule has 1 aliphatic rings. The maximum atomic E-state index is 11.3. The first kappa shape index (κ1) is 13.7. The van der Waals surface area contributed by atoms with Crippen molar-refractivity contribution < 1.29 is 14.3 Å². The summed E-state index contributed by atoms with van der Waals surface area (Å²) in [5.74, 6) is -0.241. The van der Waals surface area contributed by atoms with Crippen LogP contribution in [0.3, 0.4) is 0 Å². The van der Waals surface area contributed by atoms with Gasteiger partial charge in [0.25, 0.3) is 0 Å². The molecule has 0 unspecified atom stereocenters. The van der Waals surface area contributed by atoms with Crippen molar-refractivity contribution in [3.63, 3.8) is 0 Å². The molecule has 17 heavy (non-hydrogen) atoms. The van der Waals surface area contributed by atoms with Crippen LogP contribution in [0, 0.1) is 0 Å². The number of ether oxygens (including phenoxy) is 1. The zero-order valence-corrected chi connectivity index (χ0v) is 10.2. The Hall–Kier alpha value is -1.36. The number of carbonyl (C=O) groups excluding carboxylic acids is 2. The molecule has 96 valence electrons. The first-order chi connectivity index (χ1) is 8.22. The number of hydrogen-bond donors (Lipinski definition) is 2. The van der Waals surface area contributed by atoms with E-state index in [4.69, 9.17) is 4.74 Å². The van der Waals surface area contributed by atoms with Gasteiger partial charge in [-0.25, -0.2) is 4.79 Å². The third-order valence-electron chi connectivity index (χ3n) is 2.27. The molecular weight excluding hydrogens is 220 g/mol. The third kappa shape index (κ3) is 7.52. The van der Waals surface area contributed by atoms with Gasteiger partial charge in [0.05, 0.1) is 6.61 Å². The molecule has 2 N–H and O–H groups in total. The number of hydrogen-bond acceptors (Lipinski definition) is 4. The summed E-state index contributed by atoms with van der Waals surface area (Å²) >= 11 is 0. The first-order valence-corrected chi connectivity index (χ1v) is 6.05. The summed E-state index contributed by atoms with van der Waals surface area (Å²) in [6, 6.07) is 0.422. The van der Waals surface area contributed by atoms with Crippen molar-refractivity contribution in [1.29, 1.82) is 0 Å². The largest absolute Gasteiger partial charge is 0.463 e. The molecule has 0 bridgehead atoms. The van der Waals surface area contributed by atoms with E-state index in [1.165, 1.54) is 6.08 Å². The maximum absolute atomic E-state index is 11.3. The van der Waals surface area contributed by atoms with Gasteiger partial charge >= 0.3 is 5.97 Å². The molecule has 1 rings (SSSR count). The minimum absolute atomic E-state index is 0.0920. The van der Waals surface area contributed by atoms with E-state index in [1.807, 2.05) is 0 Å². The number of amides is 1. The quantitative estimate of drug-likeness (QED) is 0.365. The van der Waals surface area contributed by atoms with Crippen molar-refractivity contribution in [2.45, 2.75) is 32.2 Å². The van der Waals surface area contributed by atoms with Crippen LogP contribution in [0.2, 0.25) is 0 Å². The van der Waals surface area contributed by atoms with Crippen molar-refractivity contribution in [1.82, 2.24) is 10.6 Å². The van der Waals surface area contributed by atoms with Crippen LogP contribution in [0.25, 0.3) is 0 Å². The molecular formula is C12H20N2O3. The Kier molecular flexibility index (Phi) is 6.32. The fraction of sp³-hybridized carbons (Fsp3) is 0.667. The molecule has 5 nitrogen and oxygen atoms in total. The fourth-order valence-corrected chi connectivity index (χ4v) is 1.26. The number of rotatable bonds is 8. The molecule has 0 atom stereocenters. The van der Waals surface area contributed by atoms with E-state index >= 15 is 0 Å². The van der Waals surface area contributed by atoms with Crippen LogP contribution < -0.4 is 10.6 Å². The number of esters is 1. The number of carbonyl (C=O) groups is 2. The Morgan fingerprint density at radius 1 is 1.41 bits per heavy atom. The topological polar surface area (TPSA) is 67.4 Å². The normalized spacial score (nSPS) is 14.9. The van der Waals surface area contributed by atoms with Crippen LogP contribution >= 0.6 is 0 Å². The predicted octanol–water partition coefficient (Wildman–Crippen LogP) is 0.364. The molecule has 0 heterocycles. The third-order valence-corrected chi connectivity index (χ3v) is 2.27. The molecule has 0 radical (unpaired) electrons. The average molecular weight is 240 g/mol. The minimum atomic E-state index is -0.333. The van der Waals surface area contributed by atoms with E-state index in [-0.39, 0.29) is 11.9 Å². The summed E-state index contributed by atoms with van der Waals surface area (Å²) in [6.45, 7) is 3.33. The van der Waals surface area contributed by atoms with E-state index in [9.17, 15) is 9.59 Å². The summed E-state index contributed by atoms with van der Waals surface area (Å²) in [5, 5.41) is 5.96. The molecule has 1 saturated carbocycles. The summed E-state index contributed by atoms with van der Waals surface area (Å²) in [4.78, 5) is 22.2. The summed E-state index contributed by atoms with van der Waals surface area (Å²) < 4.78 is 4.72. The van der Waals surface area contributed by atoms with Crippen molar-refractivity contribution in [2.24, 2.45) is 0 Å². The zero-order valence-electron chi connectivity index (χ0n) is 10.2. The summed E-state index contributed by atoms with van der Waals surface area (Å²) in [7, 11) is 0. The van der Waals surface area contributed by atoms with Gasteiger partial charge in [-0.3, -0.25) is 4.79 Å². The Morgan fingerprint density at radius 3 is 2.82 bits per heavy atom. The van der Waals surface area contributed by atoms with E-state index in [0.717, 1.165) is 12.8 Å². The lowest BCUT2D eigenvalue weighted by atomic mass is 10.4. The highest BCUT2D eigenvalue weighted by Gasteiger charge is 2.22. The van der Waals surface area contributed by atoms with Gasteiger partial charge < -0.3 is 15.4 Å². The monoisotopic (exact) mass is 240 g/mol. The minimum Gasteiger partial charge on any atom is -0.463 e. The van der Waals surface area contributed by atoms with Gasteiger partial charge in [0.2, 0.25) is 5.91 Å². The fourth-order valence-electron chi connectivity index (χ4n) is 1.26. The molecule has 0 spiro atoms. The van der Waals surface area contributed by atoms with Crippen molar-refractivity contribution in [3.05, 3.63) is 12.2 Å². The smallest absolute Gasteiger partial charge is 0.330 e. The lowest BCUT2D eigenvalue weighted by Crippen LogP contribution is -2.29. The molecule has 0 aliphatic heterocycles. The predicted molar refractivity (Wildman–Crippen MR) is 64.4 cm³/mol. The van der Waals surface area contributed by atoms with Gasteiger partial charge in [-0.05, 0) is 19.8 Å². The van der Waals surface area contributed by atoms with Crippen LogP contribution in [0.15, 0.2) is 12.2 Å². The lowest BCUT2D eigenvalue weighted by molar-refractivity contribution is -0.137. The molecule has 0 saturated heterocycles.